The van der Waals surface area contributed by atoms with Gasteiger partial charge in [-0.3, -0.25) is 4.57 Å². The molecule has 0 aliphatic heterocycles. The Bertz CT molecular complexity index is 1390. The van der Waals surface area contributed by atoms with Crippen molar-refractivity contribution in [2.24, 2.45) is 7.05 Å². The maximum Gasteiger partial charge on any atom is 0.425 e. The number of aromatic nitrogens is 6. The standard InChI is InChI=1S/C21H21F3N6O4/c1-4-29-16(11-31)27-30(20(29)32)14-9-13-5-7-25-19(34-17-6-8-26-28(17)3)18(13)15(10-14)33-12(2)21(22,23)24/h5-10,12,31H,4,11H2,1-3H3. The maximum absolute atomic E-state index is 13.3. The topological polar surface area (TPSA) is 109 Å². The summed E-state index contributed by atoms with van der Waals surface area (Å²) < 4.78 is 54.8. The summed E-state index contributed by atoms with van der Waals surface area (Å²) in [6.07, 6.45) is -3.88. The molecule has 180 valence electrons. The summed E-state index contributed by atoms with van der Waals surface area (Å²) in [7, 11) is 1.64. The fourth-order valence-electron chi connectivity index (χ4n) is 3.38. The first-order valence-corrected chi connectivity index (χ1v) is 10.3. The van der Waals surface area contributed by atoms with Gasteiger partial charge >= 0.3 is 11.9 Å². The van der Waals surface area contributed by atoms with E-state index in [-0.39, 0.29) is 35.1 Å². The van der Waals surface area contributed by atoms with E-state index in [9.17, 15) is 23.1 Å². The first kappa shape index (κ1) is 23.3. The molecule has 1 aromatic carbocycles. The fraction of sp³-hybridized carbons (Fsp3) is 0.333. The minimum absolute atomic E-state index is 0.000457. The lowest BCUT2D eigenvalue weighted by molar-refractivity contribution is -0.189. The van der Waals surface area contributed by atoms with Gasteiger partial charge in [-0.2, -0.15) is 23.0 Å². The van der Waals surface area contributed by atoms with E-state index in [1.807, 2.05) is 0 Å². The second kappa shape index (κ2) is 8.82. The van der Waals surface area contributed by atoms with Gasteiger partial charge in [0.15, 0.2) is 11.9 Å². The molecule has 3 heterocycles. The summed E-state index contributed by atoms with van der Waals surface area (Å²) >= 11 is 0. The van der Waals surface area contributed by atoms with Gasteiger partial charge in [-0.15, -0.1) is 5.10 Å². The Hall–Kier alpha value is -3.87. The summed E-state index contributed by atoms with van der Waals surface area (Å²) in [5.74, 6) is 0.226. The van der Waals surface area contributed by atoms with E-state index in [0.717, 1.165) is 11.6 Å². The molecule has 1 atom stereocenters. The molecule has 0 spiro atoms. The molecular weight excluding hydrogens is 457 g/mol. The van der Waals surface area contributed by atoms with Crippen molar-refractivity contribution < 1.29 is 27.8 Å². The monoisotopic (exact) mass is 478 g/mol. The third kappa shape index (κ3) is 4.21. The van der Waals surface area contributed by atoms with Crippen LogP contribution in [0.4, 0.5) is 13.2 Å². The van der Waals surface area contributed by atoms with Gasteiger partial charge in [0.05, 0.1) is 17.3 Å². The molecule has 3 aromatic heterocycles. The normalized spacial score (nSPS) is 12.8. The lowest BCUT2D eigenvalue weighted by atomic mass is 10.1. The molecule has 0 aliphatic carbocycles. The molecule has 1 N–H and O–H groups in total. The Kier molecular flexibility index (Phi) is 6.04. The zero-order valence-corrected chi connectivity index (χ0v) is 18.4. The Morgan fingerprint density at radius 3 is 2.56 bits per heavy atom. The molecule has 1 unspecified atom stereocenters. The Morgan fingerprint density at radius 2 is 1.97 bits per heavy atom. The molecular formula is C21H21F3N6O4. The van der Waals surface area contributed by atoms with Gasteiger partial charge in [-0.25, -0.2) is 14.5 Å². The van der Waals surface area contributed by atoms with Crippen LogP contribution in [0.1, 0.15) is 19.7 Å². The van der Waals surface area contributed by atoms with Crippen LogP contribution in [-0.2, 0) is 20.2 Å². The second-order valence-corrected chi connectivity index (χ2v) is 7.37. The zero-order chi connectivity index (χ0) is 24.6. The summed E-state index contributed by atoms with van der Waals surface area (Å²) in [6.45, 7) is 2.35. The molecule has 0 fully saturated rings. The number of fused-ring (bicyclic) bond motifs is 1. The van der Waals surface area contributed by atoms with Gasteiger partial charge in [0, 0.05) is 31.9 Å². The van der Waals surface area contributed by atoms with Gasteiger partial charge in [-0.05, 0) is 31.4 Å². The van der Waals surface area contributed by atoms with Crippen molar-refractivity contribution in [1.82, 2.24) is 29.1 Å². The van der Waals surface area contributed by atoms with E-state index in [0.29, 0.717) is 11.3 Å². The van der Waals surface area contributed by atoms with Gasteiger partial charge < -0.3 is 14.6 Å². The number of alkyl halides is 3. The average Bonchev–Trinajstić information content (AvgIpc) is 3.34. The summed E-state index contributed by atoms with van der Waals surface area (Å²) in [6, 6.07) is 5.93. The Balaban J connectivity index is 1.93. The maximum atomic E-state index is 13.3. The molecule has 4 rings (SSSR count). The summed E-state index contributed by atoms with van der Waals surface area (Å²) in [5, 5.41) is 18.2. The molecule has 0 aliphatic rings. The third-order valence-corrected chi connectivity index (χ3v) is 5.16. The van der Waals surface area contributed by atoms with Crippen molar-refractivity contribution >= 4 is 10.8 Å². The first-order valence-electron chi connectivity index (χ1n) is 10.3. The first-order chi connectivity index (χ1) is 16.1. The smallest absolute Gasteiger partial charge is 0.425 e. The lowest BCUT2D eigenvalue weighted by Crippen LogP contribution is -2.31. The van der Waals surface area contributed by atoms with Gasteiger partial charge in [0.25, 0.3) is 0 Å². The molecule has 10 nitrogen and oxygen atoms in total. The van der Waals surface area contributed by atoms with Crippen molar-refractivity contribution in [1.29, 1.82) is 0 Å². The number of aliphatic hydroxyl groups excluding tert-OH is 1. The molecule has 0 amide bonds. The number of ether oxygens (including phenoxy) is 2. The number of nitrogens with zero attached hydrogens (tertiary/aromatic N) is 6. The minimum atomic E-state index is -4.64. The molecule has 4 aromatic rings. The fourth-order valence-corrected chi connectivity index (χ4v) is 3.38. The van der Waals surface area contributed by atoms with Gasteiger partial charge in [0.2, 0.25) is 11.8 Å². The van der Waals surface area contributed by atoms with Crippen LogP contribution < -0.4 is 15.2 Å². The highest BCUT2D eigenvalue weighted by molar-refractivity contribution is 5.94. The van der Waals surface area contributed by atoms with Gasteiger partial charge in [0.1, 0.15) is 12.4 Å². The number of hydrogen-bond acceptors (Lipinski definition) is 7. The summed E-state index contributed by atoms with van der Waals surface area (Å²) in [4.78, 5) is 17.0. The number of hydrogen-bond donors (Lipinski definition) is 1. The molecule has 0 saturated carbocycles. The van der Waals surface area contributed by atoms with E-state index in [1.54, 1.807) is 32.2 Å². The highest BCUT2D eigenvalue weighted by atomic mass is 19.4. The Labute approximate surface area is 190 Å². The van der Waals surface area contributed by atoms with Crippen molar-refractivity contribution in [2.45, 2.75) is 39.3 Å². The largest absolute Gasteiger partial charge is 0.480 e. The van der Waals surface area contributed by atoms with Crippen LogP contribution in [-0.4, -0.2) is 46.5 Å². The van der Waals surface area contributed by atoms with Crippen LogP contribution in [0.25, 0.3) is 16.5 Å². The van der Waals surface area contributed by atoms with Crippen LogP contribution in [0.3, 0.4) is 0 Å². The predicted molar refractivity (Wildman–Crippen MR) is 114 cm³/mol. The highest BCUT2D eigenvalue weighted by Gasteiger charge is 2.38. The van der Waals surface area contributed by atoms with E-state index < -0.39 is 24.6 Å². The Morgan fingerprint density at radius 1 is 1.21 bits per heavy atom. The van der Waals surface area contributed by atoms with E-state index in [4.69, 9.17) is 9.47 Å². The zero-order valence-electron chi connectivity index (χ0n) is 18.4. The van der Waals surface area contributed by atoms with Crippen LogP contribution in [0.15, 0.2) is 41.5 Å². The average molecular weight is 478 g/mol. The molecule has 13 heteroatoms. The predicted octanol–water partition coefficient (Wildman–Crippen LogP) is 2.95. The highest BCUT2D eigenvalue weighted by Crippen LogP contribution is 2.38. The number of aliphatic hydroxyl groups is 1. The third-order valence-electron chi connectivity index (χ3n) is 5.16. The second-order valence-electron chi connectivity index (χ2n) is 7.37. The van der Waals surface area contributed by atoms with Crippen LogP contribution in [0, 0.1) is 0 Å². The van der Waals surface area contributed by atoms with Crippen LogP contribution in [0.2, 0.25) is 0 Å². The summed E-state index contributed by atoms with van der Waals surface area (Å²) in [5.41, 5.74) is -0.400. The lowest BCUT2D eigenvalue weighted by Gasteiger charge is -2.20. The number of pyridine rings is 1. The van der Waals surface area contributed by atoms with E-state index in [1.165, 1.54) is 27.7 Å². The number of halogens is 3. The van der Waals surface area contributed by atoms with Crippen LogP contribution in [0.5, 0.6) is 17.5 Å². The number of aryl methyl sites for hydroxylation is 1. The minimum Gasteiger partial charge on any atom is -0.480 e. The number of benzene rings is 1. The van der Waals surface area contributed by atoms with Crippen molar-refractivity contribution in [3.05, 3.63) is 53.0 Å². The van der Waals surface area contributed by atoms with Crippen molar-refractivity contribution in [3.63, 3.8) is 0 Å². The van der Waals surface area contributed by atoms with Crippen molar-refractivity contribution in [3.8, 4) is 23.2 Å². The quantitative estimate of drug-likeness (QED) is 0.435. The molecule has 0 saturated heterocycles. The van der Waals surface area contributed by atoms with E-state index >= 15 is 0 Å². The van der Waals surface area contributed by atoms with E-state index in [2.05, 4.69) is 15.2 Å². The molecule has 34 heavy (non-hydrogen) atoms. The van der Waals surface area contributed by atoms with Crippen molar-refractivity contribution in [2.75, 3.05) is 0 Å². The van der Waals surface area contributed by atoms with Crippen LogP contribution >= 0.6 is 0 Å². The van der Waals surface area contributed by atoms with Gasteiger partial charge in [-0.1, -0.05) is 0 Å². The number of rotatable bonds is 7. The SMILES string of the molecule is CCn1c(CO)nn(-c2cc(OC(C)C(F)(F)F)c3c(Oc4ccnn4C)nccc3c2)c1=O. The molecule has 0 bridgehead atoms. The molecule has 0 radical (unpaired) electrons.